The number of nitro benzene ring substituents is 1. The van der Waals surface area contributed by atoms with E-state index in [1.807, 2.05) is 24.3 Å². The maximum absolute atomic E-state index is 12.4. The van der Waals surface area contributed by atoms with E-state index in [-0.39, 0.29) is 32.9 Å². The lowest BCUT2D eigenvalue weighted by Crippen LogP contribution is -2.06. The summed E-state index contributed by atoms with van der Waals surface area (Å²) in [6.45, 7) is 0.297. The Kier molecular flexibility index (Phi) is 7.58. The lowest BCUT2D eigenvalue weighted by molar-refractivity contribution is -0.384. The fourth-order valence-electron chi connectivity index (χ4n) is 3.20. The summed E-state index contributed by atoms with van der Waals surface area (Å²) in [5.41, 5.74) is 1.59. The van der Waals surface area contributed by atoms with E-state index in [0.717, 1.165) is 15.2 Å². The van der Waals surface area contributed by atoms with Crippen LogP contribution >= 0.6 is 45.8 Å². The molecule has 0 N–H and O–H groups in total. The van der Waals surface area contributed by atoms with Crippen LogP contribution in [0.2, 0.25) is 10.0 Å². The Morgan fingerprint density at radius 3 is 2.60 bits per heavy atom. The summed E-state index contributed by atoms with van der Waals surface area (Å²) < 4.78 is 17.7. The molecular formula is C24H15Cl2IN2O6. The Labute approximate surface area is 223 Å². The Morgan fingerprint density at radius 2 is 1.91 bits per heavy atom. The van der Waals surface area contributed by atoms with Gasteiger partial charge in [-0.2, -0.15) is 0 Å². The van der Waals surface area contributed by atoms with E-state index in [1.54, 1.807) is 12.1 Å². The summed E-state index contributed by atoms with van der Waals surface area (Å²) in [5.74, 6) is -0.0174. The van der Waals surface area contributed by atoms with Gasteiger partial charge in [0.25, 0.3) is 5.69 Å². The first-order chi connectivity index (χ1) is 16.8. The number of cyclic esters (lactones) is 1. The van der Waals surface area contributed by atoms with E-state index in [2.05, 4.69) is 27.6 Å². The van der Waals surface area contributed by atoms with E-state index in [0.29, 0.717) is 23.7 Å². The van der Waals surface area contributed by atoms with Crippen molar-refractivity contribution in [1.29, 1.82) is 0 Å². The van der Waals surface area contributed by atoms with Gasteiger partial charge in [-0.3, -0.25) is 10.1 Å². The highest BCUT2D eigenvalue weighted by atomic mass is 127. The average Bonchev–Trinajstić information content (AvgIpc) is 3.18. The van der Waals surface area contributed by atoms with Crippen molar-refractivity contribution in [3.05, 3.63) is 101 Å². The molecule has 0 aliphatic carbocycles. The third kappa shape index (κ3) is 5.58. The number of rotatable bonds is 7. The number of ether oxygens (including phenoxy) is 3. The van der Waals surface area contributed by atoms with Gasteiger partial charge < -0.3 is 14.2 Å². The number of hydrogen-bond acceptors (Lipinski definition) is 7. The molecule has 1 heterocycles. The van der Waals surface area contributed by atoms with Crippen molar-refractivity contribution < 1.29 is 23.9 Å². The van der Waals surface area contributed by atoms with Gasteiger partial charge in [-0.15, -0.1) is 0 Å². The van der Waals surface area contributed by atoms with Crippen LogP contribution in [0.25, 0.3) is 6.08 Å². The Hall–Kier alpha value is -3.15. The van der Waals surface area contributed by atoms with Crippen LogP contribution in [-0.2, 0) is 16.1 Å². The van der Waals surface area contributed by atoms with Crippen molar-refractivity contribution in [2.45, 2.75) is 6.61 Å². The first-order valence-electron chi connectivity index (χ1n) is 9.97. The van der Waals surface area contributed by atoms with Crippen LogP contribution < -0.4 is 9.47 Å². The fourth-order valence-corrected chi connectivity index (χ4v) is 4.27. The largest absolute Gasteiger partial charge is 0.493 e. The van der Waals surface area contributed by atoms with Gasteiger partial charge in [-0.25, -0.2) is 9.79 Å². The monoisotopic (exact) mass is 624 g/mol. The molecule has 11 heteroatoms. The highest BCUT2D eigenvalue weighted by Crippen LogP contribution is 2.38. The predicted octanol–water partition coefficient (Wildman–Crippen LogP) is 6.44. The van der Waals surface area contributed by atoms with E-state index < -0.39 is 10.9 Å². The van der Waals surface area contributed by atoms with Crippen LogP contribution in [0.3, 0.4) is 0 Å². The third-order valence-corrected chi connectivity index (χ3v) is 6.55. The fraction of sp³-hybridized carbons (Fsp3) is 0.0833. The molecular weight excluding hydrogens is 610 g/mol. The van der Waals surface area contributed by atoms with Crippen molar-refractivity contribution >= 4 is 69.4 Å². The normalized spacial score (nSPS) is 14.0. The Bertz CT molecular complexity index is 1410. The van der Waals surface area contributed by atoms with Crippen molar-refractivity contribution in [3.63, 3.8) is 0 Å². The molecule has 0 fully saturated rings. The molecule has 0 radical (unpaired) electrons. The van der Waals surface area contributed by atoms with E-state index in [4.69, 9.17) is 37.4 Å². The molecule has 0 saturated carbocycles. The van der Waals surface area contributed by atoms with Crippen molar-refractivity contribution in [1.82, 2.24) is 0 Å². The van der Waals surface area contributed by atoms with Gasteiger partial charge in [0.1, 0.15) is 6.61 Å². The molecule has 4 rings (SSSR count). The van der Waals surface area contributed by atoms with E-state index in [1.165, 1.54) is 25.3 Å². The summed E-state index contributed by atoms with van der Waals surface area (Å²) in [6.07, 6.45) is 1.48. The lowest BCUT2D eigenvalue weighted by Gasteiger charge is -2.14. The average molecular weight is 625 g/mol. The Morgan fingerprint density at radius 1 is 1.14 bits per heavy atom. The summed E-state index contributed by atoms with van der Waals surface area (Å²) in [4.78, 5) is 26.9. The zero-order valence-electron chi connectivity index (χ0n) is 18.0. The molecule has 0 unspecified atom stereocenters. The summed E-state index contributed by atoms with van der Waals surface area (Å²) in [6, 6.07) is 14.9. The summed E-state index contributed by atoms with van der Waals surface area (Å²) in [7, 11) is 1.48. The number of methoxy groups -OCH3 is 1. The zero-order chi connectivity index (χ0) is 25.1. The molecule has 0 amide bonds. The van der Waals surface area contributed by atoms with Crippen LogP contribution in [0.5, 0.6) is 11.5 Å². The molecule has 0 aromatic heterocycles. The SMILES string of the molecule is COc1cc(/C=C2\N=C(c3ccc([N+](=O)[O-])cc3Cl)OC2=O)cc(Cl)c1OCc1ccccc1I. The van der Waals surface area contributed by atoms with Gasteiger partial charge in [-0.1, -0.05) is 41.4 Å². The molecule has 3 aromatic carbocycles. The van der Waals surface area contributed by atoms with Crippen LogP contribution in [0.1, 0.15) is 16.7 Å². The number of hydrogen-bond donors (Lipinski definition) is 0. The second kappa shape index (κ2) is 10.6. The highest BCUT2D eigenvalue weighted by Gasteiger charge is 2.27. The number of halogens is 3. The number of nitro groups is 1. The van der Waals surface area contributed by atoms with Crippen LogP contribution in [0.4, 0.5) is 5.69 Å². The molecule has 0 bridgehead atoms. The molecule has 35 heavy (non-hydrogen) atoms. The smallest absolute Gasteiger partial charge is 0.363 e. The minimum absolute atomic E-state index is 0.0000433. The van der Waals surface area contributed by atoms with Crippen molar-refractivity contribution in [3.8, 4) is 11.5 Å². The standard InChI is InChI=1S/C24H15Cl2IN2O6/c1-33-21-10-13(8-18(26)22(21)34-12-14-4-2-3-5-19(14)27)9-20-24(30)35-23(28-20)16-7-6-15(29(31)32)11-17(16)25/h2-11H,12H2,1H3/b20-9-. The number of aliphatic imine (C=N–C) groups is 1. The van der Waals surface area contributed by atoms with Crippen LogP contribution in [0, 0.1) is 13.7 Å². The van der Waals surface area contributed by atoms with E-state index >= 15 is 0 Å². The molecule has 0 atom stereocenters. The lowest BCUT2D eigenvalue weighted by atomic mass is 10.1. The minimum atomic E-state index is -0.705. The van der Waals surface area contributed by atoms with Gasteiger partial charge in [0.2, 0.25) is 5.90 Å². The second-order valence-corrected chi connectivity index (χ2v) is 9.15. The van der Waals surface area contributed by atoms with E-state index in [9.17, 15) is 14.9 Å². The molecule has 178 valence electrons. The number of nitrogens with zero attached hydrogens (tertiary/aromatic N) is 2. The maximum atomic E-state index is 12.4. The van der Waals surface area contributed by atoms with Gasteiger partial charge in [0.15, 0.2) is 17.2 Å². The molecule has 3 aromatic rings. The second-order valence-electron chi connectivity index (χ2n) is 7.17. The number of benzene rings is 3. The predicted molar refractivity (Wildman–Crippen MR) is 140 cm³/mol. The topological polar surface area (TPSA) is 100 Å². The summed E-state index contributed by atoms with van der Waals surface area (Å²) >= 11 is 14.8. The highest BCUT2D eigenvalue weighted by molar-refractivity contribution is 14.1. The minimum Gasteiger partial charge on any atom is -0.493 e. The molecule has 1 aliphatic heterocycles. The van der Waals surface area contributed by atoms with Crippen molar-refractivity contribution in [2.75, 3.05) is 7.11 Å². The number of esters is 1. The Balaban J connectivity index is 1.61. The first-order valence-corrected chi connectivity index (χ1v) is 11.8. The van der Waals surface area contributed by atoms with Gasteiger partial charge in [0, 0.05) is 21.3 Å². The first kappa shape index (κ1) is 25.0. The zero-order valence-corrected chi connectivity index (χ0v) is 21.6. The van der Waals surface area contributed by atoms with Crippen molar-refractivity contribution in [2.24, 2.45) is 4.99 Å². The van der Waals surface area contributed by atoms with Gasteiger partial charge >= 0.3 is 5.97 Å². The molecule has 1 aliphatic rings. The maximum Gasteiger partial charge on any atom is 0.363 e. The summed E-state index contributed by atoms with van der Waals surface area (Å²) in [5, 5.41) is 11.2. The number of carbonyl (C=O) groups is 1. The molecule has 0 saturated heterocycles. The molecule has 0 spiro atoms. The van der Waals surface area contributed by atoms with Crippen LogP contribution in [-0.4, -0.2) is 23.9 Å². The number of non-ortho nitro benzene ring substituents is 1. The molecule has 8 nitrogen and oxygen atoms in total. The third-order valence-electron chi connectivity index (χ3n) is 4.90. The van der Waals surface area contributed by atoms with Gasteiger partial charge in [-0.05, 0) is 58.5 Å². The van der Waals surface area contributed by atoms with Crippen LogP contribution in [0.15, 0.2) is 65.3 Å². The quantitative estimate of drug-likeness (QED) is 0.0986. The number of carbonyl (C=O) groups excluding carboxylic acids is 1. The van der Waals surface area contributed by atoms with Gasteiger partial charge in [0.05, 0.1) is 27.6 Å².